The summed E-state index contributed by atoms with van der Waals surface area (Å²) in [5, 5.41) is 84.1. The summed E-state index contributed by atoms with van der Waals surface area (Å²) in [7, 11) is 0. The zero-order valence-electron chi connectivity index (χ0n) is 33.8. The maximum Gasteiger partial charge on any atom is 0.315 e. The van der Waals surface area contributed by atoms with Crippen molar-refractivity contribution in [3.8, 4) is 0 Å². The van der Waals surface area contributed by atoms with Crippen LogP contribution in [-0.2, 0) is 23.7 Å². The van der Waals surface area contributed by atoms with E-state index in [2.05, 4.69) is 47.6 Å². The van der Waals surface area contributed by atoms with E-state index in [1.165, 1.54) is 5.57 Å². The van der Waals surface area contributed by atoms with Gasteiger partial charge in [0.2, 0.25) is 6.29 Å². The largest absolute Gasteiger partial charge is 0.432 e. The fourth-order valence-corrected chi connectivity index (χ4v) is 13.5. The van der Waals surface area contributed by atoms with Crippen LogP contribution in [0.25, 0.3) is 0 Å². The summed E-state index contributed by atoms with van der Waals surface area (Å²) in [6.45, 7) is 14.7. The minimum Gasteiger partial charge on any atom is -0.432 e. The van der Waals surface area contributed by atoms with Crippen LogP contribution in [0.15, 0.2) is 11.6 Å². The van der Waals surface area contributed by atoms with Crippen molar-refractivity contribution < 1.29 is 64.6 Å². The lowest BCUT2D eigenvalue weighted by atomic mass is 9.33. The third-order valence-electron chi connectivity index (χ3n) is 17.3. The predicted octanol–water partition coefficient (Wildman–Crippen LogP) is 2.32. The second kappa shape index (κ2) is 14.2. The summed E-state index contributed by atoms with van der Waals surface area (Å²) < 4.78 is 23.9. The van der Waals surface area contributed by atoms with Gasteiger partial charge < -0.3 is 59.8 Å². The Balaban J connectivity index is 1.17. The van der Waals surface area contributed by atoms with Crippen molar-refractivity contribution in [2.75, 3.05) is 13.2 Å². The molecule has 2 heterocycles. The van der Waals surface area contributed by atoms with Crippen molar-refractivity contribution in [3.05, 3.63) is 11.6 Å². The van der Waals surface area contributed by atoms with Gasteiger partial charge in [0.15, 0.2) is 6.29 Å². The third-order valence-corrected chi connectivity index (χ3v) is 17.3. The fourth-order valence-electron chi connectivity index (χ4n) is 13.5. The van der Waals surface area contributed by atoms with Crippen molar-refractivity contribution in [1.82, 2.24) is 0 Å². The maximum absolute atomic E-state index is 14.5. The molecule has 0 aromatic carbocycles. The Labute approximate surface area is 325 Å². The molecule has 6 fully saturated rings. The minimum atomic E-state index is -1.56. The Morgan fingerprint density at radius 2 is 1.42 bits per heavy atom. The van der Waals surface area contributed by atoms with Crippen molar-refractivity contribution in [3.63, 3.8) is 0 Å². The summed E-state index contributed by atoms with van der Waals surface area (Å²) in [6, 6.07) is 0. The molecule has 7 rings (SSSR count). The lowest BCUT2D eigenvalue weighted by molar-refractivity contribution is -0.333. The highest BCUT2D eigenvalue weighted by Gasteiger charge is 2.70. The van der Waals surface area contributed by atoms with Crippen LogP contribution in [0.4, 0.5) is 0 Å². The number of aliphatic hydroxyl groups is 8. The van der Waals surface area contributed by atoms with Gasteiger partial charge in [0, 0.05) is 5.41 Å². The molecule has 8 N–H and O–H groups in total. The molecule has 314 valence electrons. The molecule has 0 bridgehead atoms. The number of allylic oxidation sites excluding steroid dienone is 2. The van der Waals surface area contributed by atoms with E-state index >= 15 is 0 Å². The number of hydrogen-bond acceptors (Lipinski definition) is 13. The van der Waals surface area contributed by atoms with Crippen LogP contribution in [0.1, 0.15) is 113 Å². The van der Waals surface area contributed by atoms with E-state index in [0.717, 1.165) is 44.9 Å². The first-order valence-electron chi connectivity index (χ1n) is 20.8. The van der Waals surface area contributed by atoms with E-state index in [-0.39, 0.29) is 46.0 Å². The van der Waals surface area contributed by atoms with Crippen molar-refractivity contribution in [2.45, 2.75) is 180 Å². The van der Waals surface area contributed by atoms with Crippen LogP contribution < -0.4 is 0 Å². The van der Waals surface area contributed by atoms with Gasteiger partial charge in [-0.05, 0) is 111 Å². The quantitative estimate of drug-likeness (QED) is 0.111. The topological polar surface area (TPSA) is 216 Å². The number of aliphatic hydroxyl groups excluding tert-OH is 8. The summed E-state index contributed by atoms with van der Waals surface area (Å²) in [4.78, 5) is 14.5. The predicted molar refractivity (Wildman–Crippen MR) is 198 cm³/mol. The zero-order valence-corrected chi connectivity index (χ0v) is 33.8. The molecule has 5 aliphatic carbocycles. The van der Waals surface area contributed by atoms with E-state index in [1.54, 1.807) is 6.92 Å². The Morgan fingerprint density at radius 1 is 0.764 bits per heavy atom. The molecule has 19 atom stereocenters. The minimum absolute atomic E-state index is 0.00707. The van der Waals surface area contributed by atoms with Gasteiger partial charge in [0.25, 0.3) is 0 Å². The molecule has 0 amide bonds. The first-order chi connectivity index (χ1) is 25.6. The number of carbonyl (C=O) groups is 1. The number of rotatable bonds is 6. The average Bonchev–Trinajstić information content (AvgIpc) is 3.14. The summed E-state index contributed by atoms with van der Waals surface area (Å²) in [5.41, 5.74) is -0.728. The lowest BCUT2D eigenvalue weighted by Crippen LogP contribution is -2.67. The number of carbonyl (C=O) groups excluding carboxylic acids is 1. The van der Waals surface area contributed by atoms with Crippen LogP contribution in [0.2, 0.25) is 0 Å². The number of ether oxygens (including phenoxy) is 4. The van der Waals surface area contributed by atoms with Crippen LogP contribution >= 0.6 is 0 Å². The highest BCUT2D eigenvalue weighted by Crippen LogP contribution is 2.76. The summed E-state index contributed by atoms with van der Waals surface area (Å²) in [5.74, 6) is -0.155. The van der Waals surface area contributed by atoms with Crippen LogP contribution in [0.3, 0.4) is 0 Å². The molecule has 13 heteroatoms. The Kier molecular flexibility index (Phi) is 10.8. The van der Waals surface area contributed by atoms with Gasteiger partial charge in [-0.25, -0.2) is 0 Å². The lowest BCUT2D eigenvalue weighted by Gasteiger charge is -2.71. The van der Waals surface area contributed by atoms with Gasteiger partial charge in [0.1, 0.15) is 42.7 Å². The highest BCUT2D eigenvalue weighted by atomic mass is 16.7. The SMILES string of the molecule is C[C@@H]1O[C@H](OC(=O)[C@]23CCC(C)(C)C[C@H]2C2=CC[C@@H]4[C@@]5(C)CC[C@H](O[C@@H]6O[C@H](CO)[C@@H](O)[C@H](O)[C@H]6O)[C@@](C)(CO)[C@@H]5CC[C@@]4(C)[C@]2(C)CC3)[C@H](O)[C@H](O)[C@H]1O. The number of hydrogen-bond donors (Lipinski definition) is 8. The molecule has 13 nitrogen and oxygen atoms in total. The highest BCUT2D eigenvalue weighted by molar-refractivity contribution is 5.79. The second-order valence-electron chi connectivity index (χ2n) is 20.5. The van der Waals surface area contributed by atoms with Gasteiger partial charge in [-0.15, -0.1) is 0 Å². The molecule has 0 unspecified atom stereocenters. The average molecular weight is 781 g/mol. The molecule has 2 aliphatic heterocycles. The van der Waals surface area contributed by atoms with E-state index in [1.807, 2.05) is 0 Å². The standard InChI is InChI=1S/C42H68O13/c1-21-28(45)30(47)32(49)34(52-21)55-36(51)42-16-14-37(2,3)18-23(42)22-8-9-26-38(4)12-11-27(54-35-33(50)31(48)29(46)24(19-43)53-35)39(5,20-44)25(38)10-13-41(26,7)40(22,6)15-17-42/h8,21,23-35,43-50H,9-20H2,1-7H3/t21-,23-,24+,25+,26+,27-,28-,29+,30+,31-,32+,33+,34+,35-,38-,39-,40+,41+,42-/m0/s1. The first-order valence-corrected chi connectivity index (χ1v) is 20.8. The normalized spacial score (nSPS) is 54.9. The van der Waals surface area contributed by atoms with Crippen LogP contribution in [-0.4, -0.2) is 128 Å². The van der Waals surface area contributed by atoms with E-state index in [0.29, 0.717) is 19.3 Å². The van der Waals surface area contributed by atoms with Gasteiger partial charge in [-0.2, -0.15) is 0 Å². The molecule has 4 saturated carbocycles. The van der Waals surface area contributed by atoms with Gasteiger partial charge in [-0.3, -0.25) is 4.79 Å². The van der Waals surface area contributed by atoms with Crippen molar-refractivity contribution >= 4 is 5.97 Å². The Morgan fingerprint density at radius 3 is 2.09 bits per heavy atom. The van der Waals surface area contributed by atoms with E-state index in [9.17, 15) is 45.6 Å². The monoisotopic (exact) mass is 780 g/mol. The Hall–Kier alpha value is -1.23. The molecule has 55 heavy (non-hydrogen) atoms. The van der Waals surface area contributed by atoms with Gasteiger partial charge in [0.05, 0.1) is 30.8 Å². The van der Waals surface area contributed by atoms with Crippen LogP contribution in [0, 0.1) is 50.2 Å². The van der Waals surface area contributed by atoms with E-state index in [4.69, 9.17) is 18.9 Å². The van der Waals surface area contributed by atoms with Gasteiger partial charge in [-0.1, -0.05) is 53.2 Å². The summed E-state index contributed by atoms with van der Waals surface area (Å²) >= 11 is 0. The molecule has 2 saturated heterocycles. The first kappa shape index (κ1) is 41.9. The molecule has 0 aromatic heterocycles. The smallest absolute Gasteiger partial charge is 0.315 e. The number of esters is 1. The van der Waals surface area contributed by atoms with Gasteiger partial charge >= 0.3 is 5.97 Å². The molecule has 0 radical (unpaired) electrons. The molecule has 0 aromatic rings. The van der Waals surface area contributed by atoms with Crippen molar-refractivity contribution in [1.29, 1.82) is 0 Å². The molecular formula is C42H68O13. The van der Waals surface area contributed by atoms with Crippen LogP contribution in [0.5, 0.6) is 0 Å². The van der Waals surface area contributed by atoms with Crippen molar-refractivity contribution in [2.24, 2.45) is 50.2 Å². The third kappa shape index (κ3) is 6.15. The molecule has 0 spiro atoms. The molecule has 7 aliphatic rings. The fraction of sp³-hybridized carbons (Fsp3) is 0.929. The number of fused-ring (bicyclic) bond motifs is 7. The van der Waals surface area contributed by atoms with E-state index < -0.39 is 90.9 Å². The Bertz CT molecular complexity index is 1490. The second-order valence-corrected chi connectivity index (χ2v) is 20.5. The maximum atomic E-state index is 14.5. The summed E-state index contributed by atoms with van der Waals surface area (Å²) in [6.07, 6.45) is -3.86. The molecular weight excluding hydrogens is 712 g/mol. The zero-order chi connectivity index (χ0) is 40.3.